The monoisotopic (exact) mass is 383 g/mol. The maximum absolute atomic E-state index is 12.9. The average molecular weight is 384 g/mol. The lowest BCUT2D eigenvalue weighted by atomic mass is 9.95. The van der Waals surface area contributed by atoms with Crippen LogP contribution in [-0.4, -0.2) is 52.5 Å². The summed E-state index contributed by atoms with van der Waals surface area (Å²) in [4.78, 5) is 24.9. The predicted molar refractivity (Wildman–Crippen MR) is 113 cm³/mol. The van der Waals surface area contributed by atoms with Crippen LogP contribution in [0, 0.1) is 13.8 Å². The van der Waals surface area contributed by atoms with Gasteiger partial charge >= 0.3 is 0 Å². The molecule has 0 bridgehead atoms. The maximum Gasteiger partial charge on any atom is 0.278 e. The molecule has 1 aromatic heterocycles. The van der Waals surface area contributed by atoms with Crippen molar-refractivity contribution < 1.29 is 9.69 Å². The number of fused-ring (bicyclic) bond motifs is 1. The quantitative estimate of drug-likeness (QED) is 0.856. The summed E-state index contributed by atoms with van der Waals surface area (Å²) >= 11 is 0. The molecular formula is C23H35N4O+. The fraction of sp³-hybridized carbons (Fsp3) is 0.652. The van der Waals surface area contributed by atoms with Gasteiger partial charge in [0.1, 0.15) is 5.82 Å². The summed E-state index contributed by atoms with van der Waals surface area (Å²) in [5.41, 5.74) is 4.83. The lowest BCUT2D eigenvalue weighted by Gasteiger charge is -2.40. The van der Waals surface area contributed by atoms with E-state index >= 15 is 0 Å². The number of carbonyl (C=O) groups is 1. The number of rotatable bonds is 3. The molecule has 2 fully saturated rings. The van der Waals surface area contributed by atoms with Gasteiger partial charge in [-0.15, -0.1) is 0 Å². The number of aromatic nitrogens is 2. The molecule has 2 atom stereocenters. The lowest BCUT2D eigenvalue weighted by molar-refractivity contribution is -0.897. The third-order valence-corrected chi connectivity index (χ3v) is 7.08. The Bertz CT molecular complexity index is 801. The van der Waals surface area contributed by atoms with E-state index < -0.39 is 0 Å². The summed E-state index contributed by atoms with van der Waals surface area (Å²) < 4.78 is 0. The van der Waals surface area contributed by atoms with E-state index in [1.807, 2.05) is 0 Å². The SMILES string of the molecule is Cc1cc2nc(C3CC[NH+](CC(=O)N4[C@H](C)CCC[C@@H]4C)CC3)[nH]c2cc1C. The van der Waals surface area contributed by atoms with Crippen LogP contribution in [0.4, 0.5) is 0 Å². The molecule has 2 aliphatic heterocycles. The van der Waals surface area contributed by atoms with Gasteiger partial charge in [-0.25, -0.2) is 4.98 Å². The van der Waals surface area contributed by atoms with Gasteiger partial charge in [0, 0.05) is 30.8 Å². The number of amides is 1. The number of imidazole rings is 1. The zero-order valence-electron chi connectivity index (χ0n) is 17.8. The third-order valence-electron chi connectivity index (χ3n) is 7.08. The van der Waals surface area contributed by atoms with Crippen molar-refractivity contribution >= 4 is 16.9 Å². The van der Waals surface area contributed by atoms with Crippen molar-refractivity contribution in [3.8, 4) is 0 Å². The number of carbonyl (C=O) groups excluding carboxylic acids is 1. The van der Waals surface area contributed by atoms with E-state index in [4.69, 9.17) is 4.98 Å². The molecule has 4 rings (SSSR count). The highest BCUT2D eigenvalue weighted by Crippen LogP contribution is 2.26. The van der Waals surface area contributed by atoms with Gasteiger partial charge in [-0.3, -0.25) is 4.79 Å². The average Bonchev–Trinajstić information content (AvgIpc) is 3.05. The number of H-pyrrole nitrogens is 1. The van der Waals surface area contributed by atoms with Crippen LogP contribution in [0.25, 0.3) is 11.0 Å². The van der Waals surface area contributed by atoms with Crippen molar-refractivity contribution in [2.24, 2.45) is 0 Å². The fourth-order valence-corrected chi connectivity index (χ4v) is 5.18. The standard InChI is InChI=1S/C23H34N4O/c1-15-12-20-21(13-16(15)2)25-23(24-20)19-8-10-26(11-9-19)14-22(28)27-17(3)6-5-7-18(27)4/h12-13,17-19H,5-11,14H2,1-4H3,(H,24,25)/p+1/t17-,18+. The van der Waals surface area contributed by atoms with Crippen LogP contribution in [0.5, 0.6) is 0 Å². The molecule has 2 aliphatic rings. The Morgan fingerprint density at radius 2 is 1.75 bits per heavy atom. The van der Waals surface area contributed by atoms with Crippen molar-refractivity contribution in [1.82, 2.24) is 14.9 Å². The Kier molecular flexibility index (Phi) is 5.46. The summed E-state index contributed by atoms with van der Waals surface area (Å²) in [6, 6.07) is 5.19. The van der Waals surface area contributed by atoms with Gasteiger partial charge in [-0.05, 0) is 70.2 Å². The van der Waals surface area contributed by atoms with E-state index in [1.165, 1.54) is 22.4 Å². The van der Waals surface area contributed by atoms with Gasteiger partial charge in [-0.2, -0.15) is 0 Å². The highest BCUT2D eigenvalue weighted by Gasteiger charge is 2.33. The summed E-state index contributed by atoms with van der Waals surface area (Å²) in [5.74, 6) is 1.96. The highest BCUT2D eigenvalue weighted by molar-refractivity contribution is 5.78. The van der Waals surface area contributed by atoms with E-state index in [-0.39, 0.29) is 0 Å². The molecule has 1 aromatic carbocycles. The van der Waals surface area contributed by atoms with Crippen molar-refractivity contribution in [2.45, 2.75) is 77.8 Å². The van der Waals surface area contributed by atoms with Crippen LogP contribution < -0.4 is 4.90 Å². The number of hydrogen-bond acceptors (Lipinski definition) is 2. The van der Waals surface area contributed by atoms with Crippen molar-refractivity contribution in [2.75, 3.05) is 19.6 Å². The molecule has 5 nitrogen and oxygen atoms in total. The zero-order valence-corrected chi connectivity index (χ0v) is 17.8. The Morgan fingerprint density at radius 3 is 2.43 bits per heavy atom. The normalized spacial score (nSPS) is 28.6. The van der Waals surface area contributed by atoms with Crippen LogP contribution in [0.15, 0.2) is 12.1 Å². The van der Waals surface area contributed by atoms with Crippen LogP contribution in [0.3, 0.4) is 0 Å². The Labute approximate surface area is 168 Å². The first-order valence-electron chi connectivity index (χ1n) is 11.0. The largest absolute Gasteiger partial charge is 0.342 e. The van der Waals surface area contributed by atoms with Crippen LogP contribution >= 0.6 is 0 Å². The summed E-state index contributed by atoms with van der Waals surface area (Å²) in [7, 11) is 0. The fourth-order valence-electron chi connectivity index (χ4n) is 5.18. The van der Waals surface area contributed by atoms with E-state index in [0.29, 0.717) is 30.5 Å². The summed E-state index contributed by atoms with van der Waals surface area (Å²) in [5, 5.41) is 0. The second kappa shape index (κ2) is 7.86. The molecule has 0 radical (unpaired) electrons. The molecule has 0 spiro atoms. The molecular weight excluding hydrogens is 348 g/mol. The number of likely N-dealkylation sites (tertiary alicyclic amines) is 2. The van der Waals surface area contributed by atoms with Crippen molar-refractivity contribution in [3.63, 3.8) is 0 Å². The number of aromatic amines is 1. The van der Waals surface area contributed by atoms with Crippen LogP contribution in [0.2, 0.25) is 0 Å². The first-order valence-corrected chi connectivity index (χ1v) is 11.0. The van der Waals surface area contributed by atoms with Crippen molar-refractivity contribution in [3.05, 3.63) is 29.1 Å². The highest BCUT2D eigenvalue weighted by atomic mass is 16.2. The summed E-state index contributed by atoms with van der Waals surface area (Å²) in [6.07, 6.45) is 5.76. The Hall–Kier alpha value is -1.88. The van der Waals surface area contributed by atoms with Crippen LogP contribution in [0.1, 0.15) is 68.8 Å². The smallest absolute Gasteiger partial charge is 0.278 e. The van der Waals surface area contributed by atoms with E-state index in [2.05, 4.69) is 49.7 Å². The number of aryl methyl sites for hydroxylation is 2. The number of hydrogen-bond donors (Lipinski definition) is 2. The number of nitrogens with zero attached hydrogens (tertiary/aromatic N) is 2. The molecule has 0 unspecified atom stereocenters. The Morgan fingerprint density at radius 1 is 1.11 bits per heavy atom. The number of benzene rings is 1. The predicted octanol–water partition coefficient (Wildman–Crippen LogP) is 2.73. The number of nitrogens with one attached hydrogen (secondary N) is 2. The second-order valence-electron chi connectivity index (χ2n) is 9.21. The minimum Gasteiger partial charge on any atom is -0.342 e. The Balaban J connectivity index is 1.36. The van der Waals surface area contributed by atoms with Gasteiger partial charge in [0.05, 0.1) is 24.1 Å². The van der Waals surface area contributed by atoms with Crippen molar-refractivity contribution in [1.29, 1.82) is 0 Å². The van der Waals surface area contributed by atoms with E-state index in [0.717, 1.165) is 55.6 Å². The van der Waals surface area contributed by atoms with Gasteiger partial charge in [0.15, 0.2) is 6.54 Å². The maximum atomic E-state index is 12.9. The molecule has 0 saturated carbocycles. The minimum absolute atomic E-state index is 0.350. The molecule has 2 saturated heterocycles. The molecule has 152 valence electrons. The van der Waals surface area contributed by atoms with Gasteiger partial charge in [-0.1, -0.05) is 0 Å². The van der Waals surface area contributed by atoms with Gasteiger partial charge in [0.25, 0.3) is 5.91 Å². The first kappa shape index (κ1) is 19.4. The minimum atomic E-state index is 0.350. The molecule has 5 heteroatoms. The molecule has 2 N–H and O–H groups in total. The zero-order chi connectivity index (χ0) is 19.8. The summed E-state index contributed by atoms with van der Waals surface area (Å²) in [6.45, 7) is 11.5. The van der Waals surface area contributed by atoms with Crippen LogP contribution in [-0.2, 0) is 4.79 Å². The third kappa shape index (κ3) is 3.82. The molecule has 0 aliphatic carbocycles. The van der Waals surface area contributed by atoms with Gasteiger partial charge < -0.3 is 14.8 Å². The molecule has 1 amide bonds. The number of quaternary nitrogens is 1. The molecule has 2 aromatic rings. The lowest BCUT2D eigenvalue weighted by Crippen LogP contribution is -3.14. The van der Waals surface area contributed by atoms with E-state index in [9.17, 15) is 4.79 Å². The number of piperidine rings is 2. The second-order valence-corrected chi connectivity index (χ2v) is 9.21. The topological polar surface area (TPSA) is 53.4 Å². The van der Waals surface area contributed by atoms with Gasteiger partial charge in [0.2, 0.25) is 0 Å². The molecule has 3 heterocycles. The molecule has 28 heavy (non-hydrogen) atoms. The van der Waals surface area contributed by atoms with E-state index in [1.54, 1.807) is 0 Å². The first-order chi connectivity index (χ1) is 13.4.